The van der Waals surface area contributed by atoms with E-state index in [-0.39, 0.29) is 6.23 Å². The summed E-state index contributed by atoms with van der Waals surface area (Å²) < 4.78 is 11.8. The number of aromatic amines is 1. The molecule has 8 heteroatoms. The van der Waals surface area contributed by atoms with Gasteiger partial charge in [-0.3, -0.25) is 14.5 Å². The number of benzene rings is 2. The molecule has 1 saturated heterocycles. The van der Waals surface area contributed by atoms with Gasteiger partial charge in [0.1, 0.15) is 6.61 Å². The number of piperazine rings is 1. The normalized spacial score (nSPS) is 19.1. The Balaban J connectivity index is 1.24. The lowest BCUT2D eigenvalue weighted by Gasteiger charge is -2.40. The van der Waals surface area contributed by atoms with Gasteiger partial charge in [-0.05, 0) is 30.3 Å². The lowest BCUT2D eigenvalue weighted by molar-refractivity contribution is -0.130. The van der Waals surface area contributed by atoms with Crippen LogP contribution in [0.4, 0.5) is 0 Å². The lowest BCUT2D eigenvalue weighted by atomic mass is 10.1. The molecule has 1 unspecified atom stereocenters. The van der Waals surface area contributed by atoms with Crippen molar-refractivity contribution >= 4 is 34.2 Å². The monoisotopic (exact) mass is 425 g/mol. The van der Waals surface area contributed by atoms with Crippen LogP contribution in [-0.2, 0) is 4.79 Å². The van der Waals surface area contributed by atoms with Crippen LogP contribution in [0.15, 0.2) is 48.7 Å². The second-order valence-electron chi connectivity index (χ2n) is 7.38. The first-order chi connectivity index (χ1) is 14.6. The van der Waals surface area contributed by atoms with Gasteiger partial charge in [-0.25, -0.2) is 0 Å². The van der Waals surface area contributed by atoms with Crippen molar-refractivity contribution in [1.82, 2.24) is 14.8 Å². The van der Waals surface area contributed by atoms with Crippen LogP contribution in [0.2, 0.25) is 5.02 Å². The van der Waals surface area contributed by atoms with E-state index in [0.717, 1.165) is 17.0 Å². The minimum absolute atomic E-state index is 0.205. The van der Waals surface area contributed by atoms with Crippen LogP contribution >= 0.6 is 11.6 Å². The number of carbonyl (C=O) groups excluding carboxylic acids is 2. The van der Waals surface area contributed by atoms with Crippen molar-refractivity contribution in [2.24, 2.45) is 0 Å². The molecule has 0 radical (unpaired) electrons. The molecule has 2 aliphatic rings. The molecule has 30 heavy (non-hydrogen) atoms. The number of ether oxygens (including phenoxy) is 2. The Morgan fingerprint density at radius 2 is 1.80 bits per heavy atom. The van der Waals surface area contributed by atoms with Crippen LogP contribution in [0.25, 0.3) is 10.9 Å². The van der Waals surface area contributed by atoms with Gasteiger partial charge in [0.2, 0.25) is 0 Å². The molecule has 154 valence electrons. The third-order valence-corrected chi connectivity index (χ3v) is 5.82. The highest BCUT2D eigenvalue weighted by Crippen LogP contribution is 2.32. The molecule has 2 aromatic carbocycles. The van der Waals surface area contributed by atoms with E-state index in [0.29, 0.717) is 48.8 Å². The van der Waals surface area contributed by atoms with Crippen LogP contribution in [0, 0.1) is 0 Å². The van der Waals surface area contributed by atoms with Crippen LogP contribution in [-0.4, -0.2) is 65.5 Å². The summed E-state index contributed by atoms with van der Waals surface area (Å²) in [4.78, 5) is 32.4. The van der Waals surface area contributed by atoms with Gasteiger partial charge in [0, 0.05) is 48.3 Å². The minimum atomic E-state index is -0.525. The van der Waals surface area contributed by atoms with Crippen LogP contribution in [0.5, 0.6) is 11.5 Å². The van der Waals surface area contributed by atoms with Crippen LogP contribution in [0.1, 0.15) is 10.4 Å². The van der Waals surface area contributed by atoms with Gasteiger partial charge in [-0.1, -0.05) is 23.7 Å². The number of H-pyrrole nitrogens is 1. The number of para-hydroxylation sites is 2. The number of rotatable bonds is 3. The second-order valence-corrected chi connectivity index (χ2v) is 7.82. The maximum absolute atomic E-state index is 12.8. The van der Waals surface area contributed by atoms with Crippen LogP contribution < -0.4 is 9.47 Å². The van der Waals surface area contributed by atoms with Crippen LogP contribution in [0.3, 0.4) is 0 Å². The molecule has 1 aromatic heterocycles. The molecular weight excluding hydrogens is 406 g/mol. The van der Waals surface area contributed by atoms with Crippen molar-refractivity contribution in [1.29, 1.82) is 0 Å². The smallest absolute Gasteiger partial charge is 0.295 e. The van der Waals surface area contributed by atoms with Gasteiger partial charge in [0.15, 0.2) is 17.7 Å². The number of amides is 1. The van der Waals surface area contributed by atoms with E-state index < -0.39 is 11.7 Å². The van der Waals surface area contributed by atoms with Gasteiger partial charge in [-0.15, -0.1) is 0 Å². The second kappa shape index (κ2) is 7.66. The van der Waals surface area contributed by atoms with Gasteiger partial charge in [0.05, 0.1) is 5.56 Å². The average Bonchev–Trinajstić information content (AvgIpc) is 3.21. The zero-order valence-electron chi connectivity index (χ0n) is 16.1. The van der Waals surface area contributed by atoms with Crippen molar-refractivity contribution in [2.45, 2.75) is 6.23 Å². The molecule has 1 amide bonds. The third-order valence-electron chi connectivity index (χ3n) is 5.58. The number of ketones is 1. The highest BCUT2D eigenvalue weighted by Gasteiger charge is 2.33. The number of fused-ring (bicyclic) bond motifs is 2. The first-order valence-electron chi connectivity index (χ1n) is 9.83. The third kappa shape index (κ3) is 3.40. The number of hydrogen-bond donors (Lipinski definition) is 1. The summed E-state index contributed by atoms with van der Waals surface area (Å²) in [6.45, 7) is 2.55. The maximum atomic E-state index is 12.8. The summed E-state index contributed by atoms with van der Waals surface area (Å²) in [5.74, 6) is 0.442. The molecule has 3 heterocycles. The fraction of sp³-hybridized carbons (Fsp3) is 0.273. The van der Waals surface area contributed by atoms with Crippen molar-refractivity contribution < 1.29 is 19.1 Å². The molecule has 1 N–H and O–H groups in total. The van der Waals surface area contributed by atoms with Crippen molar-refractivity contribution in [2.75, 3.05) is 32.8 Å². The molecule has 3 aromatic rings. The van der Waals surface area contributed by atoms with E-state index in [4.69, 9.17) is 21.1 Å². The first kappa shape index (κ1) is 19.0. The number of Topliss-reactive ketones (excluding diaryl/α,β-unsaturated/α-hetero) is 1. The molecule has 0 aliphatic carbocycles. The summed E-state index contributed by atoms with van der Waals surface area (Å²) in [5, 5.41) is 1.18. The number of nitrogens with zero attached hydrogens (tertiary/aromatic N) is 2. The first-order valence-corrected chi connectivity index (χ1v) is 10.2. The number of aromatic nitrogens is 1. The minimum Gasteiger partial charge on any atom is -0.484 e. The lowest BCUT2D eigenvalue weighted by Crippen LogP contribution is -2.56. The summed E-state index contributed by atoms with van der Waals surface area (Å²) >= 11 is 6.05. The molecule has 0 spiro atoms. The fourth-order valence-corrected chi connectivity index (χ4v) is 4.11. The van der Waals surface area contributed by atoms with E-state index >= 15 is 0 Å². The Labute approximate surface area is 178 Å². The largest absolute Gasteiger partial charge is 0.484 e. The van der Waals surface area contributed by atoms with Crippen molar-refractivity contribution in [3.05, 3.63) is 59.2 Å². The van der Waals surface area contributed by atoms with E-state index in [9.17, 15) is 9.59 Å². The Hall–Kier alpha value is -3.03. The van der Waals surface area contributed by atoms with Gasteiger partial charge < -0.3 is 19.4 Å². The van der Waals surface area contributed by atoms with Crippen molar-refractivity contribution in [3.8, 4) is 11.5 Å². The number of nitrogens with one attached hydrogen (secondary N) is 1. The zero-order valence-corrected chi connectivity index (χ0v) is 16.9. The number of carbonyl (C=O) groups is 2. The molecule has 5 rings (SSSR count). The van der Waals surface area contributed by atoms with E-state index in [2.05, 4.69) is 9.88 Å². The average molecular weight is 426 g/mol. The molecule has 0 bridgehead atoms. The van der Waals surface area contributed by atoms with Gasteiger partial charge >= 0.3 is 0 Å². The van der Waals surface area contributed by atoms with Gasteiger partial charge in [0.25, 0.3) is 11.7 Å². The Kier molecular flexibility index (Phi) is 4.84. The number of hydrogen-bond acceptors (Lipinski definition) is 5. The highest BCUT2D eigenvalue weighted by atomic mass is 35.5. The van der Waals surface area contributed by atoms with Gasteiger partial charge in [-0.2, -0.15) is 0 Å². The molecule has 7 nitrogen and oxygen atoms in total. The highest BCUT2D eigenvalue weighted by molar-refractivity contribution is 6.45. The summed E-state index contributed by atoms with van der Waals surface area (Å²) in [7, 11) is 0. The summed E-state index contributed by atoms with van der Waals surface area (Å²) in [5.41, 5.74) is 1.12. The number of halogens is 1. The van der Waals surface area contributed by atoms with E-state index in [1.54, 1.807) is 29.3 Å². The Morgan fingerprint density at radius 3 is 2.60 bits per heavy atom. The van der Waals surface area contributed by atoms with Crippen molar-refractivity contribution in [3.63, 3.8) is 0 Å². The molecular formula is C22H20ClN3O4. The van der Waals surface area contributed by atoms with E-state index in [1.165, 1.54) is 0 Å². The molecule has 1 atom stereocenters. The predicted octanol–water partition coefficient (Wildman–Crippen LogP) is 2.95. The Morgan fingerprint density at radius 1 is 1.03 bits per heavy atom. The van der Waals surface area contributed by atoms with E-state index in [1.807, 2.05) is 24.3 Å². The SMILES string of the molecule is O=C(C(=O)N1CCN(C2COc3ccccc3O2)CC1)c1c[nH]c2ccc(Cl)cc12. The molecule has 0 saturated carbocycles. The molecule has 2 aliphatic heterocycles. The maximum Gasteiger partial charge on any atom is 0.295 e. The molecule has 1 fully saturated rings. The quantitative estimate of drug-likeness (QED) is 0.516. The summed E-state index contributed by atoms with van der Waals surface area (Å²) in [6.07, 6.45) is 1.37. The standard InChI is InChI=1S/C22H20ClN3O4/c23-14-5-6-17-15(11-14)16(12-24-17)21(27)22(28)26-9-7-25(8-10-26)20-13-29-18-3-1-2-4-19(18)30-20/h1-6,11-12,20,24H,7-10,13H2. The zero-order chi connectivity index (χ0) is 20.7. The topological polar surface area (TPSA) is 74.9 Å². The Bertz CT molecular complexity index is 1120. The summed E-state index contributed by atoms with van der Waals surface area (Å²) in [6, 6.07) is 12.8. The predicted molar refractivity (Wildman–Crippen MR) is 112 cm³/mol. The fourth-order valence-electron chi connectivity index (χ4n) is 3.94.